The van der Waals surface area contributed by atoms with Crippen LogP contribution in [0.5, 0.6) is 0 Å². The van der Waals surface area contributed by atoms with Gasteiger partial charge in [-0.3, -0.25) is 4.79 Å². The van der Waals surface area contributed by atoms with Crippen LogP contribution < -0.4 is 0 Å². The van der Waals surface area contributed by atoms with E-state index < -0.39 is 11.4 Å². The molecule has 0 saturated heterocycles. The first-order valence-electron chi connectivity index (χ1n) is 5.78. The summed E-state index contributed by atoms with van der Waals surface area (Å²) < 4.78 is 13.5. The molecule has 0 aliphatic rings. The third-order valence-electron chi connectivity index (χ3n) is 3.04. The minimum atomic E-state index is -1.04. The molecule has 19 heavy (non-hydrogen) atoms. The lowest BCUT2D eigenvalue weighted by Gasteiger charge is -2.15. The van der Waals surface area contributed by atoms with Crippen LogP contribution in [0.25, 0.3) is 11.3 Å². The van der Waals surface area contributed by atoms with Crippen molar-refractivity contribution in [2.75, 3.05) is 0 Å². The Morgan fingerprint density at radius 3 is 2.68 bits per heavy atom. The number of aryl methyl sites for hydroxylation is 1. The summed E-state index contributed by atoms with van der Waals surface area (Å²) in [5.41, 5.74) is 0.802. The zero-order valence-corrected chi connectivity index (χ0v) is 11.7. The molecule has 0 bridgehead atoms. The highest BCUT2D eigenvalue weighted by Gasteiger charge is 2.32. The van der Waals surface area contributed by atoms with Gasteiger partial charge in [0.05, 0.1) is 5.69 Å². The summed E-state index contributed by atoms with van der Waals surface area (Å²) in [7, 11) is 0. The molecule has 3 nitrogen and oxygen atoms in total. The lowest BCUT2D eigenvalue weighted by Crippen LogP contribution is -2.28. The zero-order valence-electron chi connectivity index (χ0n) is 10.9. The summed E-state index contributed by atoms with van der Waals surface area (Å²) in [5.74, 6) is -1.21. The van der Waals surface area contributed by atoms with Crippen LogP contribution in [-0.4, -0.2) is 16.1 Å². The second kappa shape index (κ2) is 4.74. The van der Waals surface area contributed by atoms with E-state index in [9.17, 15) is 9.18 Å². The highest BCUT2D eigenvalue weighted by Crippen LogP contribution is 2.31. The monoisotopic (exact) mass is 279 g/mol. The molecule has 0 atom stereocenters. The molecular formula is C14H14FNO2S. The average Bonchev–Trinajstić information content (AvgIpc) is 2.82. The van der Waals surface area contributed by atoms with Crippen molar-refractivity contribution in [3.63, 3.8) is 0 Å². The van der Waals surface area contributed by atoms with Crippen LogP contribution in [0.15, 0.2) is 23.6 Å². The maximum absolute atomic E-state index is 13.5. The van der Waals surface area contributed by atoms with Crippen molar-refractivity contribution in [3.05, 3.63) is 40.0 Å². The van der Waals surface area contributed by atoms with Gasteiger partial charge in [0.1, 0.15) is 16.2 Å². The van der Waals surface area contributed by atoms with E-state index in [4.69, 9.17) is 5.11 Å². The Balaban J connectivity index is 2.41. The van der Waals surface area contributed by atoms with Gasteiger partial charge in [-0.05, 0) is 32.4 Å². The SMILES string of the molecule is Cc1ccc(-c2csc(C(C)(C)C(=O)O)n2)cc1F. The molecule has 5 heteroatoms. The number of hydrogen-bond acceptors (Lipinski definition) is 3. The highest BCUT2D eigenvalue weighted by molar-refractivity contribution is 7.10. The van der Waals surface area contributed by atoms with Crippen LogP contribution in [0.3, 0.4) is 0 Å². The molecular weight excluding hydrogens is 265 g/mol. The Bertz CT molecular complexity index is 634. The van der Waals surface area contributed by atoms with Crippen molar-refractivity contribution in [1.29, 1.82) is 0 Å². The number of rotatable bonds is 3. The number of carbonyl (C=O) groups is 1. The van der Waals surface area contributed by atoms with E-state index in [1.54, 1.807) is 38.3 Å². The van der Waals surface area contributed by atoms with Crippen molar-refractivity contribution in [1.82, 2.24) is 4.98 Å². The summed E-state index contributed by atoms with van der Waals surface area (Å²) in [6, 6.07) is 4.89. The lowest BCUT2D eigenvalue weighted by atomic mass is 9.95. The van der Waals surface area contributed by atoms with E-state index in [-0.39, 0.29) is 5.82 Å². The molecule has 0 aliphatic carbocycles. The van der Waals surface area contributed by atoms with E-state index in [0.717, 1.165) is 0 Å². The number of halogens is 1. The van der Waals surface area contributed by atoms with Gasteiger partial charge in [-0.2, -0.15) is 0 Å². The largest absolute Gasteiger partial charge is 0.481 e. The predicted octanol–water partition coefficient (Wildman–Crippen LogP) is 3.62. The van der Waals surface area contributed by atoms with Gasteiger partial charge in [0.25, 0.3) is 0 Å². The average molecular weight is 279 g/mol. The Kier molecular flexibility index (Phi) is 3.41. The second-order valence-corrected chi connectivity index (χ2v) is 5.79. The van der Waals surface area contributed by atoms with Crippen LogP contribution in [0.1, 0.15) is 24.4 Å². The standard InChI is InChI=1S/C14H14FNO2S/c1-8-4-5-9(6-10(8)15)11-7-19-12(16-11)14(2,3)13(17)18/h4-7H,1-3H3,(H,17,18). The van der Waals surface area contributed by atoms with E-state index >= 15 is 0 Å². The Labute approximate surface area is 114 Å². The molecule has 1 aromatic carbocycles. The molecule has 0 saturated carbocycles. The number of carboxylic acids is 1. The van der Waals surface area contributed by atoms with E-state index in [1.807, 2.05) is 0 Å². The fraction of sp³-hybridized carbons (Fsp3) is 0.286. The minimum Gasteiger partial charge on any atom is -0.481 e. The first-order valence-corrected chi connectivity index (χ1v) is 6.66. The maximum Gasteiger partial charge on any atom is 0.316 e. The molecule has 1 N–H and O–H groups in total. The number of thiazole rings is 1. The summed E-state index contributed by atoms with van der Waals surface area (Å²) in [6.45, 7) is 4.90. The Morgan fingerprint density at radius 2 is 2.11 bits per heavy atom. The van der Waals surface area contributed by atoms with Crippen LogP contribution in [0, 0.1) is 12.7 Å². The van der Waals surface area contributed by atoms with Crippen molar-refractivity contribution >= 4 is 17.3 Å². The molecule has 0 aliphatic heterocycles. The number of nitrogens with zero attached hydrogens (tertiary/aromatic N) is 1. The molecule has 2 aromatic rings. The second-order valence-electron chi connectivity index (χ2n) is 4.93. The number of hydrogen-bond donors (Lipinski definition) is 1. The third kappa shape index (κ3) is 2.51. The molecule has 2 rings (SSSR count). The predicted molar refractivity (Wildman–Crippen MR) is 72.9 cm³/mol. The van der Waals surface area contributed by atoms with Crippen molar-refractivity contribution < 1.29 is 14.3 Å². The first-order chi connectivity index (χ1) is 8.82. The highest BCUT2D eigenvalue weighted by atomic mass is 32.1. The number of benzene rings is 1. The first kappa shape index (κ1) is 13.7. The van der Waals surface area contributed by atoms with Gasteiger partial charge in [-0.25, -0.2) is 9.37 Å². The molecule has 0 fully saturated rings. The quantitative estimate of drug-likeness (QED) is 0.933. The lowest BCUT2D eigenvalue weighted by molar-refractivity contribution is -0.142. The van der Waals surface area contributed by atoms with Gasteiger partial charge in [0.15, 0.2) is 0 Å². The fourth-order valence-electron chi connectivity index (χ4n) is 1.54. The number of aromatic nitrogens is 1. The summed E-state index contributed by atoms with van der Waals surface area (Å²) in [6.07, 6.45) is 0. The zero-order chi connectivity index (χ0) is 14.2. The summed E-state index contributed by atoms with van der Waals surface area (Å²) in [5, 5.41) is 11.4. The number of carboxylic acid groups (broad SMARTS) is 1. The normalized spacial score (nSPS) is 11.6. The van der Waals surface area contributed by atoms with E-state index in [1.165, 1.54) is 17.4 Å². The van der Waals surface area contributed by atoms with Crippen molar-refractivity contribution in [3.8, 4) is 11.3 Å². The van der Waals surface area contributed by atoms with Gasteiger partial charge < -0.3 is 5.11 Å². The topological polar surface area (TPSA) is 50.2 Å². The minimum absolute atomic E-state index is 0.287. The van der Waals surface area contributed by atoms with Gasteiger partial charge in [-0.1, -0.05) is 12.1 Å². The summed E-state index contributed by atoms with van der Waals surface area (Å²) in [4.78, 5) is 15.5. The van der Waals surface area contributed by atoms with Gasteiger partial charge >= 0.3 is 5.97 Å². The smallest absolute Gasteiger partial charge is 0.316 e. The van der Waals surface area contributed by atoms with E-state index in [0.29, 0.717) is 21.8 Å². The van der Waals surface area contributed by atoms with Crippen LogP contribution >= 0.6 is 11.3 Å². The molecule has 0 unspecified atom stereocenters. The molecule has 0 spiro atoms. The van der Waals surface area contributed by atoms with Crippen LogP contribution in [0.2, 0.25) is 0 Å². The number of aliphatic carboxylic acids is 1. The fourth-order valence-corrected chi connectivity index (χ4v) is 2.48. The van der Waals surface area contributed by atoms with Gasteiger partial charge in [0, 0.05) is 10.9 Å². The third-order valence-corrected chi connectivity index (χ3v) is 4.21. The van der Waals surface area contributed by atoms with E-state index in [2.05, 4.69) is 4.98 Å². The Morgan fingerprint density at radius 1 is 1.42 bits per heavy atom. The van der Waals surface area contributed by atoms with Gasteiger partial charge in [-0.15, -0.1) is 11.3 Å². The van der Waals surface area contributed by atoms with Gasteiger partial charge in [0.2, 0.25) is 0 Å². The maximum atomic E-state index is 13.5. The van der Waals surface area contributed by atoms with Crippen molar-refractivity contribution in [2.45, 2.75) is 26.2 Å². The Hall–Kier alpha value is -1.75. The van der Waals surface area contributed by atoms with Crippen LogP contribution in [-0.2, 0) is 10.2 Å². The van der Waals surface area contributed by atoms with Crippen molar-refractivity contribution in [2.24, 2.45) is 0 Å². The molecule has 0 amide bonds. The molecule has 100 valence electrons. The molecule has 1 aromatic heterocycles. The summed E-state index contributed by atoms with van der Waals surface area (Å²) >= 11 is 1.28. The molecule has 0 radical (unpaired) electrons. The van der Waals surface area contributed by atoms with Crippen LogP contribution in [0.4, 0.5) is 4.39 Å². The molecule has 1 heterocycles.